The van der Waals surface area contributed by atoms with Gasteiger partial charge in [-0.15, -0.1) is 0 Å². The van der Waals surface area contributed by atoms with Crippen LogP contribution in [-0.4, -0.2) is 19.7 Å². The number of benzene rings is 1. The molecule has 1 aliphatic rings. The van der Waals surface area contributed by atoms with Gasteiger partial charge in [0.25, 0.3) is 0 Å². The van der Waals surface area contributed by atoms with Crippen molar-refractivity contribution in [2.75, 3.05) is 19.7 Å². The van der Waals surface area contributed by atoms with Crippen molar-refractivity contribution in [1.29, 1.82) is 0 Å². The second-order valence-corrected chi connectivity index (χ2v) is 4.11. The van der Waals surface area contributed by atoms with E-state index in [-0.39, 0.29) is 0 Å². The van der Waals surface area contributed by atoms with Gasteiger partial charge in [0, 0.05) is 24.6 Å². The van der Waals surface area contributed by atoms with E-state index in [1.165, 1.54) is 0 Å². The van der Waals surface area contributed by atoms with Crippen LogP contribution in [-0.2, 0) is 0 Å². The minimum atomic E-state index is 0.670. The lowest BCUT2D eigenvalue weighted by molar-refractivity contribution is 0.198. The molecule has 0 amide bonds. The fourth-order valence-electron chi connectivity index (χ4n) is 1.62. The highest BCUT2D eigenvalue weighted by atomic mass is 16.5. The van der Waals surface area contributed by atoms with Crippen molar-refractivity contribution in [1.82, 2.24) is 5.32 Å². The van der Waals surface area contributed by atoms with Crippen molar-refractivity contribution < 1.29 is 4.74 Å². The van der Waals surface area contributed by atoms with Gasteiger partial charge in [0.05, 0.1) is 6.61 Å². The standard InChI is InChI=1S/C13H17NO/c1-10(2)12-5-3-4-6-13(12)15-9-11-7-14-8-11/h3-6,11,14H,1,7-9H2,2H3. The van der Waals surface area contributed by atoms with E-state index in [1.54, 1.807) is 0 Å². The van der Waals surface area contributed by atoms with E-state index in [9.17, 15) is 0 Å². The van der Waals surface area contributed by atoms with Crippen molar-refractivity contribution >= 4 is 5.57 Å². The SMILES string of the molecule is C=C(C)c1ccccc1OCC1CNC1. The molecule has 2 rings (SSSR count). The minimum Gasteiger partial charge on any atom is -0.493 e. The molecule has 1 heterocycles. The fourth-order valence-corrected chi connectivity index (χ4v) is 1.62. The minimum absolute atomic E-state index is 0.670. The maximum Gasteiger partial charge on any atom is 0.126 e. The fraction of sp³-hybridized carbons (Fsp3) is 0.385. The van der Waals surface area contributed by atoms with Crippen molar-refractivity contribution in [2.24, 2.45) is 5.92 Å². The molecule has 0 atom stereocenters. The van der Waals surface area contributed by atoms with Crippen LogP contribution in [0.25, 0.3) is 5.57 Å². The molecule has 0 bridgehead atoms. The first-order valence-electron chi connectivity index (χ1n) is 5.36. The zero-order chi connectivity index (χ0) is 10.7. The third-order valence-corrected chi connectivity index (χ3v) is 2.69. The van der Waals surface area contributed by atoms with Crippen LogP contribution in [0.1, 0.15) is 12.5 Å². The molecule has 1 aromatic rings. The largest absolute Gasteiger partial charge is 0.493 e. The second-order valence-electron chi connectivity index (χ2n) is 4.11. The predicted octanol–water partition coefficient (Wildman–Crippen LogP) is 2.32. The van der Waals surface area contributed by atoms with E-state index in [2.05, 4.69) is 18.0 Å². The Kier molecular flexibility index (Phi) is 3.07. The highest BCUT2D eigenvalue weighted by Gasteiger charge is 2.17. The van der Waals surface area contributed by atoms with Crippen LogP contribution in [0.5, 0.6) is 5.75 Å². The zero-order valence-electron chi connectivity index (χ0n) is 9.12. The molecule has 80 valence electrons. The number of hydrogen-bond donors (Lipinski definition) is 1. The monoisotopic (exact) mass is 203 g/mol. The first-order chi connectivity index (χ1) is 7.27. The van der Waals surface area contributed by atoms with Crippen LogP contribution < -0.4 is 10.1 Å². The molecule has 0 saturated carbocycles. The lowest BCUT2D eigenvalue weighted by Crippen LogP contribution is -2.45. The van der Waals surface area contributed by atoms with Crippen LogP contribution in [0.15, 0.2) is 30.8 Å². The molecule has 1 fully saturated rings. The van der Waals surface area contributed by atoms with Gasteiger partial charge in [-0.3, -0.25) is 0 Å². The Morgan fingerprint density at radius 3 is 2.80 bits per heavy atom. The third-order valence-electron chi connectivity index (χ3n) is 2.69. The number of para-hydroxylation sites is 1. The molecule has 0 radical (unpaired) electrons. The summed E-state index contributed by atoms with van der Waals surface area (Å²) < 4.78 is 5.80. The van der Waals surface area contributed by atoms with E-state index >= 15 is 0 Å². The molecule has 15 heavy (non-hydrogen) atoms. The lowest BCUT2D eigenvalue weighted by Gasteiger charge is -2.27. The van der Waals surface area contributed by atoms with Gasteiger partial charge in [-0.05, 0) is 18.6 Å². The summed E-state index contributed by atoms with van der Waals surface area (Å²) >= 11 is 0. The summed E-state index contributed by atoms with van der Waals surface area (Å²) in [5, 5.41) is 3.24. The van der Waals surface area contributed by atoms with E-state index < -0.39 is 0 Å². The predicted molar refractivity (Wildman–Crippen MR) is 63.0 cm³/mol. The maximum atomic E-state index is 5.80. The molecule has 1 N–H and O–H groups in total. The summed E-state index contributed by atoms with van der Waals surface area (Å²) in [7, 11) is 0. The van der Waals surface area contributed by atoms with Crippen LogP contribution in [0, 0.1) is 5.92 Å². The first kappa shape index (κ1) is 10.2. The van der Waals surface area contributed by atoms with Crippen LogP contribution in [0.4, 0.5) is 0 Å². The van der Waals surface area contributed by atoms with Crippen molar-refractivity contribution in [3.05, 3.63) is 36.4 Å². The molecular formula is C13H17NO. The first-order valence-corrected chi connectivity index (χ1v) is 5.36. The van der Waals surface area contributed by atoms with Crippen molar-refractivity contribution in [2.45, 2.75) is 6.92 Å². The molecule has 2 nitrogen and oxygen atoms in total. The van der Waals surface area contributed by atoms with E-state index in [0.29, 0.717) is 5.92 Å². The van der Waals surface area contributed by atoms with E-state index in [0.717, 1.165) is 36.6 Å². The van der Waals surface area contributed by atoms with E-state index in [1.807, 2.05) is 25.1 Å². The lowest BCUT2D eigenvalue weighted by atomic mass is 10.0. The normalized spacial score (nSPS) is 15.8. The molecule has 0 aliphatic carbocycles. The highest BCUT2D eigenvalue weighted by Crippen LogP contribution is 2.24. The average molecular weight is 203 g/mol. The second kappa shape index (κ2) is 4.49. The molecule has 1 aromatic carbocycles. The van der Waals surface area contributed by atoms with Gasteiger partial charge in [0.1, 0.15) is 5.75 Å². The Morgan fingerprint density at radius 1 is 1.47 bits per heavy atom. The zero-order valence-corrected chi connectivity index (χ0v) is 9.12. The highest BCUT2D eigenvalue weighted by molar-refractivity contribution is 5.66. The van der Waals surface area contributed by atoms with Crippen LogP contribution >= 0.6 is 0 Å². The van der Waals surface area contributed by atoms with Gasteiger partial charge in [-0.2, -0.15) is 0 Å². The molecule has 2 heteroatoms. The Morgan fingerprint density at radius 2 is 2.20 bits per heavy atom. The summed E-state index contributed by atoms with van der Waals surface area (Å²) in [4.78, 5) is 0. The number of hydrogen-bond acceptors (Lipinski definition) is 2. The number of ether oxygens (including phenoxy) is 1. The quantitative estimate of drug-likeness (QED) is 0.811. The topological polar surface area (TPSA) is 21.3 Å². The Bertz CT molecular complexity index is 355. The van der Waals surface area contributed by atoms with Gasteiger partial charge in [-0.1, -0.05) is 24.8 Å². The van der Waals surface area contributed by atoms with Gasteiger partial charge in [-0.25, -0.2) is 0 Å². The van der Waals surface area contributed by atoms with Crippen molar-refractivity contribution in [3.8, 4) is 5.75 Å². The van der Waals surface area contributed by atoms with Gasteiger partial charge in [0.15, 0.2) is 0 Å². The Labute approximate surface area is 91.0 Å². The molecular weight excluding hydrogens is 186 g/mol. The van der Waals surface area contributed by atoms with E-state index in [4.69, 9.17) is 4.74 Å². The van der Waals surface area contributed by atoms with Gasteiger partial charge >= 0.3 is 0 Å². The van der Waals surface area contributed by atoms with Gasteiger partial charge in [0.2, 0.25) is 0 Å². The number of nitrogens with one attached hydrogen (secondary N) is 1. The molecule has 1 saturated heterocycles. The molecule has 0 unspecified atom stereocenters. The third kappa shape index (κ3) is 2.39. The number of allylic oxidation sites excluding steroid dienone is 1. The average Bonchev–Trinajstić information content (AvgIpc) is 2.16. The molecule has 0 aromatic heterocycles. The van der Waals surface area contributed by atoms with Gasteiger partial charge < -0.3 is 10.1 Å². The Balaban J connectivity index is 2.02. The molecule has 0 spiro atoms. The summed E-state index contributed by atoms with van der Waals surface area (Å²) in [6, 6.07) is 8.08. The van der Waals surface area contributed by atoms with Crippen molar-refractivity contribution in [3.63, 3.8) is 0 Å². The smallest absolute Gasteiger partial charge is 0.126 e. The molecule has 1 aliphatic heterocycles. The summed E-state index contributed by atoms with van der Waals surface area (Å²) in [6.07, 6.45) is 0. The summed E-state index contributed by atoms with van der Waals surface area (Å²) in [6.45, 7) is 8.92. The van der Waals surface area contributed by atoms with Crippen LogP contribution in [0.2, 0.25) is 0 Å². The summed E-state index contributed by atoms with van der Waals surface area (Å²) in [5.41, 5.74) is 2.17. The van der Waals surface area contributed by atoms with Crippen LogP contribution in [0.3, 0.4) is 0 Å². The maximum absolute atomic E-state index is 5.80. The summed E-state index contributed by atoms with van der Waals surface area (Å²) in [5.74, 6) is 1.63. The Hall–Kier alpha value is -1.28. The number of rotatable bonds is 4.